The van der Waals surface area contributed by atoms with Crippen molar-refractivity contribution in [3.63, 3.8) is 0 Å². The van der Waals surface area contributed by atoms with Gasteiger partial charge in [-0.3, -0.25) is 0 Å². The summed E-state index contributed by atoms with van der Waals surface area (Å²) in [4.78, 5) is 9.77. The third-order valence-electron chi connectivity index (χ3n) is 9.89. The Hall–Kier alpha value is -7.12. The molecule has 10 rings (SSSR count). The molecule has 0 fully saturated rings. The summed E-state index contributed by atoms with van der Waals surface area (Å²) in [6.45, 7) is 4.26. The third-order valence-corrected chi connectivity index (χ3v) is 9.89. The molecule has 0 spiro atoms. The highest BCUT2D eigenvalue weighted by molar-refractivity contribution is 5.88. The van der Waals surface area contributed by atoms with E-state index < -0.39 is 0 Å². The number of benzene rings is 7. The number of nitrogens with zero attached hydrogens (tertiary/aromatic N) is 5. The van der Waals surface area contributed by atoms with Gasteiger partial charge < -0.3 is 19.3 Å². The molecule has 0 saturated carbocycles. The lowest BCUT2D eigenvalue weighted by atomic mass is 10.0. The summed E-state index contributed by atoms with van der Waals surface area (Å²) in [7, 11) is 0. The predicted molar refractivity (Wildman–Crippen MR) is 211 cm³/mol. The van der Waals surface area contributed by atoms with Crippen LogP contribution in [-0.2, 0) is 0 Å². The molecule has 0 saturated heterocycles. The van der Waals surface area contributed by atoms with Crippen molar-refractivity contribution in [1.29, 1.82) is 0 Å². The maximum Gasteiger partial charge on any atom is 0.182 e. The Bertz CT molecular complexity index is 2590. The van der Waals surface area contributed by atoms with E-state index >= 15 is 0 Å². The molecule has 0 atom stereocenters. The Balaban J connectivity index is 1.06. The molecule has 7 nitrogen and oxygen atoms in total. The molecule has 0 unspecified atom stereocenters. The van der Waals surface area contributed by atoms with Gasteiger partial charge in [0.2, 0.25) is 0 Å². The maximum atomic E-state index is 6.27. The van der Waals surface area contributed by atoms with E-state index in [-0.39, 0.29) is 0 Å². The number of hydrogen-bond donors (Lipinski definition) is 0. The third kappa shape index (κ3) is 5.13. The van der Waals surface area contributed by atoms with Crippen molar-refractivity contribution in [2.45, 2.75) is 13.8 Å². The molecule has 8 aromatic rings. The van der Waals surface area contributed by atoms with E-state index in [0.717, 1.165) is 90.9 Å². The Morgan fingerprint density at radius 2 is 0.830 bits per heavy atom. The van der Waals surface area contributed by atoms with Crippen molar-refractivity contribution in [3.05, 3.63) is 175 Å². The molecule has 254 valence electrons. The van der Waals surface area contributed by atoms with Crippen molar-refractivity contribution in [3.8, 4) is 51.5 Å². The number of para-hydroxylation sites is 9. The highest BCUT2D eigenvalue weighted by Crippen LogP contribution is 2.52. The smallest absolute Gasteiger partial charge is 0.182 e. The van der Waals surface area contributed by atoms with Crippen LogP contribution in [0.2, 0.25) is 0 Å². The van der Waals surface area contributed by atoms with Gasteiger partial charge in [-0.1, -0.05) is 66.7 Å². The van der Waals surface area contributed by atoms with Crippen LogP contribution >= 0.6 is 0 Å². The minimum absolute atomic E-state index is 0.662. The number of fused-ring (bicyclic) bond motifs is 4. The van der Waals surface area contributed by atoms with Crippen LogP contribution < -0.4 is 19.3 Å². The van der Waals surface area contributed by atoms with E-state index in [1.807, 2.05) is 95.7 Å². The minimum atomic E-state index is 0.662. The number of rotatable bonds is 5. The number of hydrogen-bond acceptors (Lipinski definition) is 6. The van der Waals surface area contributed by atoms with E-state index in [9.17, 15) is 0 Å². The largest absolute Gasteiger partial charge is 0.453 e. The van der Waals surface area contributed by atoms with E-state index in [4.69, 9.17) is 19.6 Å². The minimum Gasteiger partial charge on any atom is -0.453 e. The van der Waals surface area contributed by atoms with Gasteiger partial charge in [0.05, 0.1) is 28.4 Å². The highest BCUT2D eigenvalue weighted by Gasteiger charge is 2.28. The lowest BCUT2D eigenvalue weighted by Gasteiger charge is -2.33. The monoisotopic (exact) mass is 687 g/mol. The van der Waals surface area contributed by atoms with Crippen LogP contribution in [0, 0.1) is 13.8 Å². The van der Waals surface area contributed by atoms with E-state index in [2.05, 4.69) is 96.4 Å². The van der Waals surface area contributed by atoms with Gasteiger partial charge in [-0.05, 0) is 122 Å². The normalized spacial score (nSPS) is 12.6. The standard InChI is InChI=1S/C46H33N5O2/c1-30-28-33(49-37-16-6-10-20-41(37)52-42-21-11-7-17-38(42)49)24-26-35(30)45-47-46(51(48-45)32-14-4-3-5-15-32)36-27-25-34(29-31(36)2)50-39-18-8-12-22-43(39)53-44-23-13-9-19-40(44)50/h3-29H,1-2H3. The summed E-state index contributed by atoms with van der Waals surface area (Å²) in [6.07, 6.45) is 0. The summed E-state index contributed by atoms with van der Waals surface area (Å²) in [5, 5.41) is 5.16. The van der Waals surface area contributed by atoms with Crippen LogP contribution in [0.15, 0.2) is 164 Å². The second kappa shape index (κ2) is 12.3. The Morgan fingerprint density at radius 3 is 1.28 bits per heavy atom. The lowest BCUT2D eigenvalue weighted by Crippen LogP contribution is -2.15. The SMILES string of the molecule is Cc1cc(N2c3ccccc3Oc3ccccc32)ccc1-c1nc(-c2ccc(N3c4ccccc4Oc4ccccc43)cc2C)n(-c2ccccc2)n1. The highest BCUT2D eigenvalue weighted by atomic mass is 16.5. The molecule has 0 amide bonds. The van der Waals surface area contributed by atoms with Gasteiger partial charge >= 0.3 is 0 Å². The molecule has 0 aliphatic carbocycles. The van der Waals surface area contributed by atoms with Crippen LogP contribution in [0.25, 0.3) is 28.5 Å². The van der Waals surface area contributed by atoms with E-state index in [1.165, 1.54) is 0 Å². The molecular weight excluding hydrogens is 655 g/mol. The molecule has 53 heavy (non-hydrogen) atoms. The molecule has 0 N–H and O–H groups in total. The molecule has 0 bridgehead atoms. The number of aryl methyl sites for hydroxylation is 2. The van der Waals surface area contributed by atoms with Crippen LogP contribution in [-0.4, -0.2) is 14.8 Å². The number of aromatic nitrogens is 3. The summed E-state index contributed by atoms with van der Waals surface area (Å²) < 4.78 is 14.5. The lowest BCUT2D eigenvalue weighted by molar-refractivity contribution is 0.476. The van der Waals surface area contributed by atoms with Gasteiger partial charge in [0.15, 0.2) is 34.6 Å². The fourth-order valence-electron chi connectivity index (χ4n) is 7.39. The number of anilines is 6. The predicted octanol–water partition coefficient (Wildman–Crippen LogP) is 12.4. The Labute approximate surface area is 307 Å². The second-order valence-electron chi connectivity index (χ2n) is 13.3. The van der Waals surface area contributed by atoms with Gasteiger partial charge in [0, 0.05) is 22.5 Å². The molecule has 0 radical (unpaired) electrons. The van der Waals surface area contributed by atoms with Gasteiger partial charge in [-0.2, -0.15) is 0 Å². The average molecular weight is 688 g/mol. The first-order chi connectivity index (χ1) is 26.1. The fourth-order valence-corrected chi connectivity index (χ4v) is 7.39. The molecule has 3 heterocycles. The van der Waals surface area contributed by atoms with Gasteiger partial charge in [0.1, 0.15) is 0 Å². The molecule has 2 aliphatic heterocycles. The molecule has 1 aromatic heterocycles. The molecule has 7 heteroatoms. The fraction of sp³-hybridized carbons (Fsp3) is 0.0435. The molecule has 2 aliphatic rings. The van der Waals surface area contributed by atoms with E-state index in [0.29, 0.717) is 5.82 Å². The first-order valence-electron chi connectivity index (χ1n) is 17.7. The van der Waals surface area contributed by atoms with Crippen LogP contribution in [0.3, 0.4) is 0 Å². The average Bonchev–Trinajstić information content (AvgIpc) is 3.64. The number of ether oxygens (including phenoxy) is 2. The van der Waals surface area contributed by atoms with Crippen molar-refractivity contribution in [2.75, 3.05) is 9.80 Å². The molecule has 7 aromatic carbocycles. The van der Waals surface area contributed by atoms with Crippen LogP contribution in [0.1, 0.15) is 11.1 Å². The zero-order valence-electron chi connectivity index (χ0n) is 29.1. The van der Waals surface area contributed by atoms with E-state index in [1.54, 1.807) is 0 Å². The zero-order chi connectivity index (χ0) is 35.5. The topological polar surface area (TPSA) is 55.6 Å². The summed E-state index contributed by atoms with van der Waals surface area (Å²) in [6, 6.07) is 55.8. The second-order valence-corrected chi connectivity index (χ2v) is 13.3. The van der Waals surface area contributed by atoms with Crippen molar-refractivity contribution < 1.29 is 9.47 Å². The van der Waals surface area contributed by atoms with Crippen molar-refractivity contribution in [1.82, 2.24) is 14.8 Å². The van der Waals surface area contributed by atoms with Crippen molar-refractivity contribution >= 4 is 34.1 Å². The van der Waals surface area contributed by atoms with Gasteiger partial charge in [0.25, 0.3) is 0 Å². The summed E-state index contributed by atoms with van der Waals surface area (Å²) >= 11 is 0. The maximum absolute atomic E-state index is 6.27. The quantitative estimate of drug-likeness (QED) is 0.179. The van der Waals surface area contributed by atoms with Crippen molar-refractivity contribution in [2.24, 2.45) is 0 Å². The zero-order valence-corrected chi connectivity index (χ0v) is 29.1. The first kappa shape index (κ1) is 30.7. The van der Waals surface area contributed by atoms with Gasteiger partial charge in [-0.25, -0.2) is 9.67 Å². The Kier molecular flexibility index (Phi) is 7.11. The van der Waals surface area contributed by atoms with Crippen LogP contribution in [0.4, 0.5) is 34.1 Å². The molecular formula is C46H33N5O2. The Morgan fingerprint density at radius 1 is 0.415 bits per heavy atom. The van der Waals surface area contributed by atoms with Gasteiger partial charge in [-0.15, -0.1) is 5.10 Å². The first-order valence-corrected chi connectivity index (χ1v) is 17.7. The van der Waals surface area contributed by atoms with Crippen LogP contribution in [0.5, 0.6) is 23.0 Å². The summed E-state index contributed by atoms with van der Waals surface area (Å²) in [5.41, 5.74) is 11.1. The summed E-state index contributed by atoms with van der Waals surface area (Å²) in [5.74, 6) is 4.73.